The van der Waals surface area contributed by atoms with Crippen LogP contribution in [0.25, 0.3) is 0 Å². The van der Waals surface area contributed by atoms with Gasteiger partial charge in [0.15, 0.2) is 0 Å². The molecule has 2 heteroatoms. The minimum Gasteiger partial charge on any atom is -0.302 e. The Morgan fingerprint density at radius 3 is 2.53 bits per heavy atom. The summed E-state index contributed by atoms with van der Waals surface area (Å²) in [4.78, 5) is 2.46. The van der Waals surface area contributed by atoms with E-state index >= 15 is 0 Å². The molecule has 0 aromatic heterocycles. The second-order valence-corrected chi connectivity index (χ2v) is 11.2. The fourth-order valence-electron chi connectivity index (χ4n) is 2.52. The molecule has 2 rings (SSSR count). The highest BCUT2D eigenvalue weighted by Crippen LogP contribution is 2.34. The standard InChI is InChI=1S/C13H21NSi/c1-14-9-11-7-5-6-8-12(11)13(10-14)15(2,3)4/h5-8,13H,9-10H2,1-4H3/t13-/m1/s1. The van der Waals surface area contributed by atoms with Crippen molar-refractivity contribution in [1.82, 2.24) is 4.90 Å². The van der Waals surface area contributed by atoms with Crippen molar-refractivity contribution in [2.24, 2.45) is 0 Å². The van der Waals surface area contributed by atoms with E-state index in [1.807, 2.05) is 0 Å². The molecule has 1 aromatic rings. The molecule has 0 unspecified atom stereocenters. The summed E-state index contributed by atoms with van der Waals surface area (Å²) >= 11 is 0. The van der Waals surface area contributed by atoms with Crippen molar-refractivity contribution < 1.29 is 0 Å². The molecular weight excluding hydrogens is 198 g/mol. The Balaban J connectivity index is 2.43. The van der Waals surface area contributed by atoms with Gasteiger partial charge < -0.3 is 4.90 Å². The highest BCUT2D eigenvalue weighted by molar-refractivity contribution is 6.77. The molecule has 1 atom stereocenters. The predicted molar refractivity (Wildman–Crippen MR) is 68.9 cm³/mol. The Bertz CT molecular complexity index is 354. The van der Waals surface area contributed by atoms with Crippen molar-refractivity contribution in [1.29, 1.82) is 0 Å². The van der Waals surface area contributed by atoms with E-state index in [4.69, 9.17) is 0 Å². The lowest BCUT2D eigenvalue weighted by molar-refractivity contribution is 0.304. The number of nitrogens with zero attached hydrogens (tertiary/aromatic N) is 1. The van der Waals surface area contributed by atoms with Crippen molar-refractivity contribution in [2.75, 3.05) is 13.6 Å². The summed E-state index contributed by atoms with van der Waals surface area (Å²) in [6, 6.07) is 8.99. The van der Waals surface area contributed by atoms with Crippen molar-refractivity contribution >= 4 is 8.07 Å². The lowest BCUT2D eigenvalue weighted by Gasteiger charge is -2.38. The van der Waals surface area contributed by atoms with Crippen LogP contribution in [0.2, 0.25) is 19.6 Å². The van der Waals surface area contributed by atoms with Gasteiger partial charge in [-0.3, -0.25) is 0 Å². The third kappa shape index (κ3) is 2.16. The molecule has 1 nitrogen and oxygen atoms in total. The van der Waals surface area contributed by atoms with Crippen molar-refractivity contribution in [3.8, 4) is 0 Å². The Morgan fingerprint density at radius 1 is 1.20 bits per heavy atom. The van der Waals surface area contributed by atoms with Gasteiger partial charge in [0.05, 0.1) is 8.07 Å². The van der Waals surface area contributed by atoms with E-state index < -0.39 is 8.07 Å². The number of fused-ring (bicyclic) bond motifs is 1. The predicted octanol–water partition coefficient (Wildman–Crippen LogP) is 3.09. The highest BCUT2D eigenvalue weighted by Gasteiger charge is 2.33. The first-order valence-corrected chi connectivity index (χ1v) is 9.32. The molecule has 1 aromatic carbocycles. The van der Waals surface area contributed by atoms with E-state index in [-0.39, 0.29) is 0 Å². The second kappa shape index (κ2) is 3.76. The van der Waals surface area contributed by atoms with Crippen LogP contribution in [0, 0.1) is 0 Å². The molecule has 0 spiro atoms. The fraction of sp³-hybridized carbons (Fsp3) is 0.538. The molecule has 1 heterocycles. The van der Waals surface area contributed by atoms with E-state index in [9.17, 15) is 0 Å². The van der Waals surface area contributed by atoms with Crippen molar-refractivity contribution in [2.45, 2.75) is 31.7 Å². The molecule has 1 aliphatic heterocycles. The smallest absolute Gasteiger partial charge is 0.0538 e. The van der Waals surface area contributed by atoms with Gasteiger partial charge in [0.1, 0.15) is 0 Å². The van der Waals surface area contributed by atoms with Crippen LogP contribution in [0.3, 0.4) is 0 Å². The summed E-state index contributed by atoms with van der Waals surface area (Å²) < 4.78 is 0. The summed E-state index contributed by atoms with van der Waals surface area (Å²) in [7, 11) is 1.15. The summed E-state index contributed by atoms with van der Waals surface area (Å²) in [5.41, 5.74) is 3.96. The Hall–Kier alpha value is -0.603. The molecule has 82 valence electrons. The first-order chi connectivity index (χ1) is 6.98. The summed E-state index contributed by atoms with van der Waals surface area (Å²) in [6.45, 7) is 9.80. The van der Waals surface area contributed by atoms with Crippen LogP contribution in [-0.2, 0) is 6.54 Å². The maximum absolute atomic E-state index is 2.48. The molecule has 0 aliphatic carbocycles. The number of hydrogen-bond acceptors (Lipinski definition) is 1. The molecule has 0 bridgehead atoms. The second-order valence-electron chi connectivity index (χ2n) is 5.81. The summed E-state index contributed by atoms with van der Waals surface area (Å²) in [5.74, 6) is 0. The Labute approximate surface area is 94.1 Å². The third-order valence-corrected chi connectivity index (χ3v) is 5.99. The third-order valence-electron chi connectivity index (χ3n) is 3.41. The van der Waals surface area contributed by atoms with Crippen LogP contribution < -0.4 is 0 Å². The van der Waals surface area contributed by atoms with Crippen LogP contribution in [0.5, 0.6) is 0 Å². The minimum absolute atomic E-state index is 0.799. The summed E-state index contributed by atoms with van der Waals surface area (Å²) in [6.07, 6.45) is 0. The molecule has 0 radical (unpaired) electrons. The molecule has 0 N–H and O–H groups in total. The molecule has 0 fully saturated rings. The molecular formula is C13H21NSi. The van der Waals surface area contributed by atoms with Gasteiger partial charge in [0, 0.05) is 13.1 Å². The van der Waals surface area contributed by atoms with Gasteiger partial charge in [-0.15, -0.1) is 0 Å². The minimum atomic E-state index is -1.09. The average Bonchev–Trinajstić information content (AvgIpc) is 2.15. The van der Waals surface area contributed by atoms with Gasteiger partial charge in [-0.05, 0) is 23.7 Å². The molecule has 0 amide bonds. The largest absolute Gasteiger partial charge is 0.302 e. The zero-order valence-corrected chi connectivity index (χ0v) is 11.2. The number of likely N-dealkylation sites (N-methyl/N-ethyl adjacent to an activating group) is 1. The van der Waals surface area contributed by atoms with Gasteiger partial charge >= 0.3 is 0 Å². The quantitative estimate of drug-likeness (QED) is 0.656. The summed E-state index contributed by atoms with van der Waals surface area (Å²) in [5, 5.41) is 0. The zero-order chi connectivity index (χ0) is 11.1. The van der Waals surface area contributed by atoms with Crippen LogP contribution in [0.4, 0.5) is 0 Å². The van der Waals surface area contributed by atoms with Crippen molar-refractivity contribution in [3.05, 3.63) is 35.4 Å². The molecule has 0 saturated heterocycles. The molecule has 0 saturated carbocycles. The number of benzene rings is 1. The van der Waals surface area contributed by atoms with Gasteiger partial charge in [0.25, 0.3) is 0 Å². The fourth-order valence-corrected chi connectivity index (χ4v) is 4.60. The monoisotopic (exact) mass is 219 g/mol. The van der Waals surface area contributed by atoms with E-state index in [1.165, 1.54) is 6.54 Å². The Kier molecular flexibility index (Phi) is 2.73. The SMILES string of the molecule is CN1Cc2ccccc2[C@H]([Si](C)(C)C)C1. The lowest BCUT2D eigenvalue weighted by atomic mass is 10.00. The van der Waals surface area contributed by atoms with Crippen LogP contribution in [0.1, 0.15) is 16.7 Å². The number of hydrogen-bond donors (Lipinski definition) is 0. The van der Waals surface area contributed by atoms with Gasteiger partial charge in [-0.2, -0.15) is 0 Å². The molecule has 15 heavy (non-hydrogen) atoms. The van der Waals surface area contributed by atoms with Crippen molar-refractivity contribution in [3.63, 3.8) is 0 Å². The van der Waals surface area contributed by atoms with Gasteiger partial charge in [0.2, 0.25) is 0 Å². The van der Waals surface area contributed by atoms with E-state index in [1.54, 1.807) is 11.1 Å². The van der Waals surface area contributed by atoms with E-state index in [0.29, 0.717) is 0 Å². The van der Waals surface area contributed by atoms with E-state index in [2.05, 4.69) is 55.9 Å². The maximum atomic E-state index is 2.48. The molecule has 1 aliphatic rings. The first kappa shape index (κ1) is 10.9. The Morgan fingerprint density at radius 2 is 1.87 bits per heavy atom. The zero-order valence-electron chi connectivity index (χ0n) is 10.2. The topological polar surface area (TPSA) is 3.24 Å². The van der Waals surface area contributed by atoms with Gasteiger partial charge in [-0.25, -0.2) is 0 Å². The lowest BCUT2D eigenvalue weighted by Crippen LogP contribution is -2.42. The average molecular weight is 219 g/mol. The van der Waals surface area contributed by atoms with Crippen LogP contribution in [-0.4, -0.2) is 26.6 Å². The van der Waals surface area contributed by atoms with E-state index in [0.717, 1.165) is 12.1 Å². The van der Waals surface area contributed by atoms with Crippen LogP contribution >= 0.6 is 0 Å². The van der Waals surface area contributed by atoms with Gasteiger partial charge in [-0.1, -0.05) is 43.9 Å². The van der Waals surface area contributed by atoms with Crippen LogP contribution in [0.15, 0.2) is 24.3 Å². The first-order valence-electron chi connectivity index (χ1n) is 5.75. The maximum Gasteiger partial charge on any atom is 0.0538 e. The number of rotatable bonds is 1. The highest BCUT2D eigenvalue weighted by atomic mass is 28.3. The normalized spacial score (nSPS) is 22.5.